The topological polar surface area (TPSA) is 29.5 Å². The molecule has 4 heteroatoms. The summed E-state index contributed by atoms with van der Waals surface area (Å²) in [7, 11) is 0. The van der Waals surface area contributed by atoms with Gasteiger partial charge in [-0.3, -0.25) is 4.79 Å². The van der Waals surface area contributed by atoms with Gasteiger partial charge in [0.05, 0.1) is 13.2 Å². The SMILES string of the molecule is CC(=O)N1CCOC(I)C1. The van der Waals surface area contributed by atoms with Crippen LogP contribution in [0.3, 0.4) is 0 Å². The molecule has 1 atom stereocenters. The number of amides is 1. The number of alkyl halides is 1. The van der Waals surface area contributed by atoms with Gasteiger partial charge in [-0.2, -0.15) is 0 Å². The number of nitrogens with zero attached hydrogens (tertiary/aromatic N) is 1. The van der Waals surface area contributed by atoms with Crippen LogP contribution in [0.25, 0.3) is 0 Å². The molecule has 0 bridgehead atoms. The summed E-state index contributed by atoms with van der Waals surface area (Å²) in [6, 6.07) is 0. The molecule has 0 aromatic heterocycles. The summed E-state index contributed by atoms with van der Waals surface area (Å²) in [6.45, 7) is 3.74. The third-order valence-electron chi connectivity index (χ3n) is 1.47. The Kier molecular flexibility index (Phi) is 2.91. The largest absolute Gasteiger partial charge is 0.364 e. The number of hydrogen-bond acceptors (Lipinski definition) is 2. The normalized spacial score (nSPS) is 26.6. The van der Waals surface area contributed by atoms with Gasteiger partial charge in [0.25, 0.3) is 0 Å². The number of hydrogen-bond donors (Lipinski definition) is 0. The van der Waals surface area contributed by atoms with Crippen molar-refractivity contribution in [2.45, 2.75) is 11.0 Å². The maximum Gasteiger partial charge on any atom is 0.219 e. The highest BCUT2D eigenvalue weighted by atomic mass is 127. The molecule has 1 amide bonds. The zero-order valence-electron chi connectivity index (χ0n) is 5.84. The number of rotatable bonds is 0. The summed E-state index contributed by atoms with van der Waals surface area (Å²) < 4.78 is 5.43. The second-order valence-corrected chi connectivity index (χ2v) is 3.64. The van der Waals surface area contributed by atoms with Gasteiger partial charge >= 0.3 is 0 Å². The first-order valence-corrected chi connectivity index (χ1v) is 4.46. The lowest BCUT2D eigenvalue weighted by molar-refractivity contribution is -0.133. The molecule has 0 aromatic carbocycles. The van der Waals surface area contributed by atoms with E-state index in [2.05, 4.69) is 22.6 Å². The fourth-order valence-corrected chi connectivity index (χ4v) is 1.62. The van der Waals surface area contributed by atoms with Gasteiger partial charge in [0.15, 0.2) is 0 Å². The van der Waals surface area contributed by atoms with E-state index in [-0.39, 0.29) is 10.0 Å². The molecule has 0 radical (unpaired) electrons. The Morgan fingerprint density at radius 3 is 2.90 bits per heavy atom. The number of carbonyl (C=O) groups excluding carboxylic acids is 1. The van der Waals surface area contributed by atoms with Crippen molar-refractivity contribution in [2.75, 3.05) is 19.7 Å². The van der Waals surface area contributed by atoms with E-state index in [0.29, 0.717) is 6.61 Å². The first-order chi connectivity index (χ1) is 4.70. The van der Waals surface area contributed by atoms with Crippen LogP contribution in [0.1, 0.15) is 6.92 Å². The molecule has 58 valence electrons. The summed E-state index contributed by atoms with van der Waals surface area (Å²) in [4.78, 5) is 12.6. The first-order valence-electron chi connectivity index (χ1n) is 3.21. The molecular weight excluding hydrogens is 245 g/mol. The lowest BCUT2D eigenvalue weighted by Crippen LogP contribution is -2.42. The molecule has 1 saturated heterocycles. The monoisotopic (exact) mass is 255 g/mol. The van der Waals surface area contributed by atoms with Crippen LogP contribution in [-0.2, 0) is 9.53 Å². The van der Waals surface area contributed by atoms with Gasteiger partial charge in [0.1, 0.15) is 4.11 Å². The van der Waals surface area contributed by atoms with Crippen molar-refractivity contribution in [2.24, 2.45) is 0 Å². The minimum Gasteiger partial charge on any atom is -0.364 e. The zero-order chi connectivity index (χ0) is 7.56. The second-order valence-electron chi connectivity index (χ2n) is 2.25. The van der Waals surface area contributed by atoms with Crippen molar-refractivity contribution in [3.8, 4) is 0 Å². The molecule has 1 heterocycles. The summed E-state index contributed by atoms with van der Waals surface area (Å²) in [6.07, 6.45) is 0. The van der Waals surface area contributed by atoms with Gasteiger partial charge in [-0.1, -0.05) is 0 Å². The van der Waals surface area contributed by atoms with Crippen LogP contribution in [0.4, 0.5) is 0 Å². The molecule has 0 spiro atoms. The molecule has 1 rings (SSSR count). The highest BCUT2D eigenvalue weighted by molar-refractivity contribution is 14.1. The minimum absolute atomic E-state index is 0.143. The van der Waals surface area contributed by atoms with Gasteiger partial charge in [0, 0.05) is 13.5 Å². The molecular formula is C6H10INO2. The summed E-state index contributed by atoms with van der Waals surface area (Å²) in [5.74, 6) is 0.143. The van der Waals surface area contributed by atoms with E-state index in [0.717, 1.165) is 13.1 Å². The van der Waals surface area contributed by atoms with E-state index in [4.69, 9.17) is 4.74 Å². The van der Waals surface area contributed by atoms with Crippen LogP contribution < -0.4 is 0 Å². The molecule has 1 unspecified atom stereocenters. The van der Waals surface area contributed by atoms with E-state index in [1.807, 2.05) is 0 Å². The fraction of sp³-hybridized carbons (Fsp3) is 0.833. The predicted molar refractivity (Wildman–Crippen MR) is 46.0 cm³/mol. The van der Waals surface area contributed by atoms with Crippen molar-refractivity contribution in [1.82, 2.24) is 4.90 Å². The Bertz CT molecular complexity index is 140. The Morgan fingerprint density at radius 1 is 1.80 bits per heavy atom. The number of halogens is 1. The van der Waals surface area contributed by atoms with Crippen molar-refractivity contribution in [3.05, 3.63) is 0 Å². The van der Waals surface area contributed by atoms with Crippen molar-refractivity contribution in [3.63, 3.8) is 0 Å². The van der Waals surface area contributed by atoms with Crippen LogP contribution in [0, 0.1) is 0 Å². The third kappa shape index (κ3) is 2.09. The minimum atomic E-state index is 0.143. The molecule has 0 aliphatic carbocycles. The van der Waals surface area contributed by atoms with Gasteiger partial charge in [0.2, 0.25) is 5.91 Å². The van der Waals surface area contributed by atoms with E-state index in [9.17, 15) is 4.79 Å². The van der Waals surface area contributed by atoms with Crippen LogP contribution in [0.2, 0.25) is 0 Å². The van der Waals surface area contributed by atoms with Gasteiger partial charge in [-0.25, -0.2) is 0 Å². The van der Waals surface area contributed by atoms with Gasteiger partial charge < -0.3 is 9.64 Å². The second kappa shape index (κ2) is 3.52. The van der Waals surface area contributed by atoms with Crippen LogP contribution in [0.5, 0.6) is 0 Å². The molecule has 0 aromatic rings. The third-order valence-corrected chi connectivity index (χ3v) is 2.22. The lowest BCUT2D eigenvalue weighted by Gasteiger charge is -2.29. The van der Waals surface area contributed by atoms with Crippen molar-refractivity contribution in [1.29, 1.82) is 0 Å². The Balaban J connectivity index is 2.39. The highest BCUT2D eigenvalue weighted by Gasteiger charge is 2.18. The van der Waals surface area contributed by atoms with E-state index < -0.39 is 0 Å². The number of ether oxygens (including phenoxy) is 1. The van der Waals surface area contributed by atoms with Crippen LogP contribution in [-0.4, -0.2) is 34.6 Å². The fourth-order valence-electron chi connectivity index (χ4n) is 0.894. The quantitative estimate of drug-likeness (QED) is 0.469. The van der Waals surface area contributed by atoms with Crippen molar-refractivity contribution < 1.29 is 9.53 Å². The Hall–Kier alpha value is 0.160. The van der Waals surface area contributed by atoms with Gasteiger partial charge in [-0.05, 0) is 22.6 Å². The molecule has 1 aliphatic heterocycles. The van der Waals surface area contributed by atoms with Gasteiger partial charge in [-0.15, -0.1) is 0 Å². The summed E-state index contributed by atoms with van der Waals surface area (Å²) in [5, 5.41) is 0. The highest BCUT2D eigenvalue weighted by Crippen LogP contribution is 2.10. The molecule has 0 saturated carbocycles. The molecule has 10 heavy (non-hydrogen) atoms. The average Bonchev–Trinajstić information content (AvgIpc) is 1.88. The molecule has 1 fully saturated rings. The first kappa shape index (κ1) is 8.26. The molecule has 0 N–H and O–H groups in total. The van der Waals surface area contributed by atoms with E-state index in [1.165, 1.54) is 0 Å². The Labute approximate surface area is 73.9 Å². The lowest BCUT2D eigenvalue weighted by atomic mass is 10.4. The smallest absolute Gasteiger partial charge is 0.219 e. The predicted octanol–water partition coefficient (Wildman–Crippen LogP) is 0.626. The molecule has 3 nitrogen and oxygen atoms in total. The summed E-state index contributed by atoms with van der Waals surface area (Å²) in [5.41, 5.74) is 0. The van der Waals surface area contributed by atoms with E-state index in [1.54, 1.807) is 11.8 Å². The maximum absolute atomic E-state index is 10.8. The number of morpholine rings is 1. The standard InChI is InChI=1S/C6H10INO2/c1-5(9)8-2-3-10-6(7)4-8/h6H,2-4H2,1H3. The van der Waals surface area contributed by atoms with Crippen molar-refractivity contribution >= 4 is 28.5 Å². The molecule has 1 aliphatic rings. The van der Waals surface area contributed by atoms with Crippen LogP contribution >= 0.6 is 22.6 Å². The zero-order valence-corrected chi connectivity index (χ0v) is 8.00. The average molecular weight is 255 g/mol. The summed E-state index contributed by atoms with van der Waals surface area (Å²) >= 11 is 2.19. The number of carbonyl (C=O) groups is 1. The van der Waals surface area contributed by atoms with Crippen LogP contribution in [0.15, 0.2) is 0 Å². The maximum atomic E-state index is 10.8. The Morgan fingerprint density at radius 2 is 2.50 bits per heavy atom. The van der Waals surface area contributed by atoms with E-state index >= 15 is 0 Å².